The van der Waals surface area contributed by atoms with Crippen molar-refractivity contribution in [2.45, 2.75) is 6.10 Å². The molecule has 2 aromatic rings. The second-order valence-corrected chi connectivity index (χ2v) is 3.65. The van der Waals surface area contributed by atoms with Crippen LogP contribution in [0, 0.1) is 0 Å². The van der Waals surface area contributed by atoms with Crippen molar-refractivity contribution in [2.75, 3.05) is 11.9 Å². The summed E-state index contributed by atoms with van der Waals surface area (Å²) in [7, 11) is 0. The molecule has 1 atom stereocenters. The number of oxazole rings is 1. The number of benzene rings is 1. The minimum Gasteiger partial charge on any atom is -0.476 e. The molecule has 0 saturated carbocycles. The number of carbonyl (C=O) groups is 1. The van der Waals surface area contributed by atoms with Gasteiger partial charge in [0.1, 0.15) is 6.26 Å². The third kappa shape index (κ3) is 2.86. The highest BCUT2D eigenvalue weighted by Gasteiger charge is 2.12. The van der Waals surface area contributed by atoms with Gasteiger partial charge in [0.2, 0.25) is 0 Å². The number of aromatic nitrogens is 1. The van der Waals surface area contributed by atoms with Crippen molar-refractivity contribution in [3.8, 4) is 0 Å². The van der Waals surface area contributed by atoms with Crippen LogP contribution in [0.5, 0.6) is 0 Å². The summed E-state index contributed by atoms with van der Waals surface area (Å²) in [6.45, 7) is 0.184. The average molecular weight is 248 g/mol. The Kier molecular flexibility index (Phi) is 3.59. The Hall–Kier alpha value is -2.34. The number of aromatic carboxylic acids is 1. The zero-order chi connectivity index (χ0) is 13.0. The number of hydrogen-bond donors (Lipinski definition) is 3. The van der Waals surface area contributed by atoms with Crippen LogP contribution in [0.25, 0.3) is 0 Å². The fraction of sp³-hybridized carbons (Fsp3) is 0.167. The molecule has 1 unspecified atom stereocenters. The van der Waals surface area contributed by atoms with Gasteiger partial charge >= 0.3 is 5.97 Å². The maximum Gasteiger partial charge on any atom is 0.357 e. The van der Waals surface area contributed by atoms with Crippen molar-refractivity contribution in [3.63, 3.8) is 0 Å². The predicted molar refractivity (Wildman–Crippen MR) is 63.4 cm³/mol. The molecule has 0 amide bonds. The number of carboxylic acids is 1. The zero-order valence-electron chi connectivity index (χ0n) is 9.41. The standard InChI is InChI=1S/C12H12N2O4/c15-10(8-4-2-1-3-5-8)6-13-12-14-9(7-18-12)11(16)17/h1-5,7,10,15H,6H2,(H,13,14)(H,16,17). The Morgan fingerprint density at radius 1 is 1.39 bits per heavy atom. The maximum absolute atomic E-state index is 10.6. The number of nitrogens with one attached hydrogen (secondary N) is 1. The highest BCUT2D eigenvalue weighted by Crippen LogP contribution is 2.14. The third-order valence-corrected chi connectivity index (χ3v) is 2.35. The van der Waals surface area contributed by atoms with Gasteiger partial charge in [-0.15, -0.1) is 0 Å². The molecule has 0 spiro atoms. The van der Waals surface area contributed by atoms with Crippen molar-refractivity contribution in [1.82, 2.24) is 4.98 Å². The fourth-order valence-corrected chi connectivity index (χ4v) is 1.43. The van der Waals surface area contributed by atoms with E-state index in [4.69, 9.17) is 9.52 Å². The minimum atomic E-state index is -1.16. The van der Waals surface area contributed by atoms with E-state index < -0.39 is 12.1 Å². The summed E-state index contributed by atoms with van der Waals surface area (Å²) in [6.07, 6.45) is 0.325. The van der Waals surface area contributed by atoms with E-state index in [0.29, 0.717) is 0 Å². The Bertz CT molecular complexity index is 524. The SMILES string of the molecule is O=C(O)c1coc(NCC(O)c2ccccc2)n1. The fourth-order valence-electron chi connectivity index (χ4n) is 1.43. The molecule has 1 aromatic heterocycles. The molecule has 6 heteroatoms. The maximum atomic E-state index is 10.6. The van der Waals surface area contributed by atoms with Crippen molar-refractivity contribution in [3.05, 3.63) is 47.9 Å². The molecule has 0 radical (unpaired) electrons. The van der Waals surface area contributed by atoms with E-state index in [1.807, 2.05) is 18.2 Å². The molecule has 94 valence electrons. The van der Waals surface area contributed by atoms with Gasteiger partial charge in [0, 0.05) is 6.54 Å². The summed E-state index contributed by atoms with van der Waals surface area (Å²) < 4.78 is 4.90. The number of aliphatic hydroxyl groups is 1. The van der Waals surface area contributed by atoms with Crippen LogP contribution in [0.4, 0.5) is 6.01 Å². The molecule has 0 fully saturated rings. The molecule has 2 rings (SSSR count). The highest BCUT2D eigenvalue weighted by atomic mass is 16.4. The Labute approximate surface area is 103 Å². The van der Waals surface area contributed by atoms with E-state index in [-0.39, 0.29) is 18.3 Å². The van der Waals surface area contributed by atoms with E-state index in [2.05, 4.69) is 10.3 Å². The predicted octanol–water partition coefficient (Wildman–Crippen LogP) is 1.52. The quantitative estimate of drug-likeness (QED) is 0.742. The van der Waals surface area contributed by atoms with Crippen LogP contribution in [-0.2, 0) is 0 Å². The van der Waals surface area contributed by atoms with E-state index in [1.54, 1.807) is 12.1 Å². The number of carboxylic acid groups (broad SMARTS) is 1. The summed E-state index contributed by atoms with van der Waals surface area (Å²) in [4.78, 5) is 14.3. The molecular formula is C12H12N2O4. The van der Waals surface area contributed by atoms with Crippen molar-refractivity contribution in [2.24, 2.45) is 0 Å². The first-order chi connectivity index (χ1) is 8.66. The van der Waals surface area contributed by atoms with Gasteiger partial charge in [-0.1, -0.05) is 30.3 Å². The summed E-state index contributed by atoms with van der Waals surface area (Å²) >= 11 is 0. The van der Waals surface area contributed by atoms with Gasteiger partial charge in [0.25, 0.3) is 6.01 Å². The number of rotatable bonds is 5. The summed E-state index contributed by atoms with van der Waals surface area (Å²) in [5.74, 6) is -1.16. The van der Waals surface area contributed by atoms with Crippen LogP contribution < -0.4 is 5.32 Å². The van der Waals surface area contributed by atoms with Gasteiger partial charge in [0.15, 0.2) is 5.69 Å². The van der Waals surface area contributed by atoms with Gasteiger partial charge in [-0.25, -0.2) is 4.79 Å². The first-order valence-electron chi connectivity index (χ1n) is 5.32. The van der Waals surface area contributed by atoms with E-state index in [9.17, 15) is 9.90 Å². The normalized spacial score (nSPS) is 12.1. The van der Waals surface area contributed by atoms with E-state index in [0.717, 1.165) is 11.8 Å². The van der Waals surface area contributed by atoms with E-state index in [1.165, 1.54) is 0 Å². The molecule has 1 aromatic carbocycles. The lowest BCUT2D eigenvalue weighted by molar-refractivity contribution is 0.0690. The molecule has 0 bridgehead atoms. The van der Waals surface area contributed by atoms with Gasteiger partial charge in [0.05, 0.1) is 6.10 Å². The summed E-state index contributed by atoms with van der Waals surface area (Å²) in [5.41, 5.74) is 0.585. The van der Waals surface area contributed by atoms with E-state index >= 15 is 0 Å². The number of anilines is 1. The van der Waals surface area contributed by atoms with Crippen LogP contribution >= 0.6 is 0 Å². The van der Waals surface area contributed by atoms with Crippen molar-refractivity contribution < 1.29 is 19.4 Å². The first kappa shape index (κ1) is 12.1. The molecule has 0 aliphatic rings. The van der Waals surface area contributed by atoms with Gasteiger partial charge in [-0.2, -0.15) is 4.98 Å². The first-order valence-corrected chi connectivity index (χ1v) is 5.32. The Morgan fingerprint density at radius 3 is 2.72 bits per heavy atom. The van der Waals surface area contributed by atoms with Crippen molar-refractivity contribution in [1.29, 1.82) is 0 Å². The Morgan fingerprint density at radius 2 is 2.11 bits per heavy atom. The van der Waals surface area contributed by atoms with Crippen molar-refractivity contribution >= 4 is 12.0 Å². The number of nitrogens with zero attached hydrogens (tertiary/aromatic N) is 1. The molecule has 0 aliphatic carbocycles. The molecule has 3 N–H and O–H groups in total. The highest BCUT2D eigenvalue weighted by molar-refractivity contribution is 5.85. The average Bonchev–Trinajstić information content (AvgIpc) is 2.86. The second-order valence-electron chi connectivity index (χ2n) is 3.65. The van der Waals surface area contributed by atoms with Crippen LogP contribution in [0.15, 0.2) is 41.0 Å². The minimum absolute atomic E-state index is 0.0716. The number of aliphatic hydroxyl groups excluding tert-OH is 1. The third-order valence-electron chi connectivity index (χ3n) is 2.35. The molecule has 6 nitrogen and oxygen atoms in total. The number of hydrogen-bond acceptors (Lipinski definition) is 5. The zero-order valence-corrected chi connectivity index (χ0v) is 9.41. The summed E-state index contributed by atoms with van der Waals surface area (Å²) in [5, 5.41) is 21.2. The molecule has 1 heterocycles. The lowest BCUT2D eigenvalue weighted by Crippen LogP contribution is -2.12. The summed E-state index contributed by atoms with van der Waals surface area (Å²) in [6, 6.07) is 9.17. The largest absolute Gasteiger partial charge is 0.476 e. The molecule has 0 aliphatic heterocycles. The van der Waals surface area contributed by atoms with Gasteiger partial charge in [-0.3, -0.25) is 0 Å². The van der Waals surface area contributed by atoms with Gasteiger partial charge in [-0.05, 0) is 5.56 Å². The monoisotopic (exact) mass is 248 g/mol. The van der Waals surface area contributed by atoms with Crippen LogP contribution in [0.2, 0.25) is 0 Å². The topological polar surface area (TPSA) is 95.6 Å². The molecule has 18 heavy (non-hydrogen) atoms. The van der Waals surface area contributed by atoms with Crippen LogP contribution in [0.1, 0.15) is 22.2 Å². The molecular weight excluding hydrogens is 236 g/mol. The lowest BCUT2D eigenvalue weighted by atomic mass is 10.1. The Balaban J connectivity index is 1.93. The lowest BCUT2D eigenvalue weighted by Gasteiger charge is -2.10. The molecule has 0 saturated heterocycles. The van der Waals surface area contributed by atoms with Gasteiger partial charge < -0.3 is 19.9 Å². The second kappa shape index (κ2) is 5.33. The van der Waals surface area contributed by atoms with Crippen LogP contribution in [0.3, 0.4) is 0 Å². The smallest absolute Gasteiger partial charge is 0.357 e. The van der Waals surface area contributed by atoms with Crippen LogP contribution in [-0.4, -0.2) is 27.7 Å².